The Bertz CT molecular complexity index is 861. The molecule has 0 aliphatic heterocycles. The number of hydrogen-bond acceptors (Lipinski definition) is 3. The van der Waals surface area contributed by atoms with Gasteiger partial charge in [0.2, 0.25) is 0 Å². The molecule has 0 spiro atoms. The zero-order valence-electron chi connectivity index (χ0n) is 17.0. The first-order valence-corrected chi connectivity index (χ1v) is 9.74. The fourth-order valence-electron chi connectivity index (χ4n) is 3.54. The van der Waals surface area contributed by atoms with Crippen molar-refractivity contribution in [3.8, 4) is 6.07 Å². The fraction of sp³-hybridized carbons (Fsp3) is 0.192. The Kier molecular flexibility index (Phi) is 6.84. The molecule has 0 unspecified atom stereocenters. The highest BCUT2D eigenvalue weighted by Gasteiger charge is 2.37. The summed E-state index contributed by atoms with van der Waals surface area (Å²) in [5, 5.41) is 9.45. The third-order valence-electron chi connectivity index (χ3n) is 4.79. The number of hydrogen-bond donors (Lipinski definition) is 0. The van der Waals surface area contributed by atoms with Gasteiger partial charge in [0.1, 0.15) is 5.60 Å². The number of rotatable bonds is 8. The van der Waals surface area contributed by atoms with Crippen LogP contribution in [0.4, 0.5) is 0 Å². The summed E-state index contributed by atoms with van der Waals surface area (Å²) in [6.07, 6.45) is 2.39. The van der Waals surface area contributed by atoms with Crippen molar-refractivity contribution < 1.29 is 4.74 Å². The summed E-state index contributed by atoms with van der Waals surface area (Å²) in [4.78, 5) is 1.89. The second-order valence-corrected chi connectivity index (χ2v) is 7.11. The molecular formula is C26H26N2O. The summed E-state index contributed by atoms with van der Waals surface area (Å²) in [6, 6.07) is 33.1. The van der Waals surface area contributed by atoms with Crippen LogP contribution in [-0.2, 0) is 10.3 Å². The molecule has 0 fully saturated rings. The highest BCUT2D eigenvalue weighted by atomic mass is 16.5. The highest BCUT2D eigenvalue weighted by molar-refractivity contribution is 5.47. The second-order valence-electron chi connectivity index (χ2n) is 7.11. The first-order chi connectivity index (χ1) is 14.2. The summed E-state index contributed by atoms with van der Waals surface area (Å²) < 4.78 is 6.69. The SMILES string of the molecule is CN(C)/C=C(\C#N)CCOC(c1ccccc1)(c1ccccc1)c1ccccc1. The standard InChI is InChI=1S/C26H26N2O/c1-28(2)21-22(20-27)18-19-29-26(23-12-6-3-7-13-23,24-14-8-4-9-15-24)25-16-10-5-11-17-25/h3-17,21H,18-19H2,1-2H3/b22-21-. The average Bonchev–Trinajstić information content (AvgIpc) is 2.77. The molecule has 3 heteroatoms. The zero-order chi connectivity index (χ0) is 20.5. The molecule has 0 atom stereocenters. The van der Waals surface area contributed by atoms with Crippen LogP contribution in [0.1, 0.15) is 23.1 Å². The molecule has 0 aliphatic carbocycles. The van der Waals surface area contributed by atoms with Crippen molar-refractivity contribution in [2.75, 3.05) is 20.7 Å². The monoisotopic (exact) mass is 382 g/mol. The lowest BCUT2D eigenvalue weighted by atomic mass is 9.80. The first-order valence-electron chi connectivity index (χ1n) is 9.74. The van der Waals surface area contributed by atoms with Crippen molar-refractivity contribution >= 4 is 0 Å². The van der Waals surface area contributed by atoms with Gasteiger partial charge in [-0.3, -0.25) is 0 Å². The maximum atomic E-state index is 9.45. The van der Waals surface area contributed by atoms with Gasteiger partial charge in [-0.15, -0.1) is 0 Å². The van der Waals surface area contributed by atoms with Crippen molar-refractivity contribution in [3.05, 3.63) is 119 Å². The fourth-order valence-corrected chi connectivity index (χ4v) is 3.54. The first kappa shape index (κ1) is 20.4. The van der Waals surface area contributed by atoms with Crippen LogP contribution in [0.15, 0.2) is 103 Å². The Labute approximate surface area is 173 Å². The van der Waals surface area contributed by atoms with E-state index in [0.717, 1.165) is 16.7 Å². The Morgan fingerprint density at radius 3 is 1.59 bits per heavy atom. The van der Waals surface area contributed by atoms with E-state index in [1.54, 1.807) is 0 Å². The van der Waals surface area contributed by atoms with E-state index in [1.165, 1.54) is 0 Å². The summed E-state index contributed by atoms with van der Waals surface area (Å²) >= 11 is 0. The van der Waals surface area contributed by atoms with E-state index in [-0.39, 0.29) is 0 Å². The quantitative estimate of drug-likeness (QED) is 0.389. The molecule has 146 valence electrons. The molecule has 0 aromatic heterocycles. The van der Waals surface area contributed by atoms with Crippen LogP contribution >= 0.6 is 0 Å². The molecule has 0 heterocycles. The average molecular weight is 383 g/mol. The van der Waals surface area contributed by atoms with Crippen molar-refractivity contribution in [2.45, 2.75) is 12.0 Å². The van der Waals surface area contributed by atoms with Crippen molar-refractivity contribution in [1.29, 1.82) is 5.26 Å². The molecule has 0 N–H and O–H groups in total. The van der Waals surface area contributed by atoms with E-state index in [2.05, 4.69) is 42.5 Å². The van der Waals surface area contributed by atoms with Gasteiger partial charge >= 0.3 is 0 Å². The van der Waals surface area contributed by atoms with Gasteiger partial charge in [-0.1, -0.05) is 91.0 Å². The van der Waals surface area contributed by atoms with Gasteiger partial charge in [-0.05, 0) is 16.7 Å². The van der Waals surface area contributed by atoms with Crippen LogP contribution in [-0.4, -0.2) is 25.6 Å². The van der Waals surface area contributed by atoms with E-state index in [0.29, 0.717) is 18.6 Å². The van der Waals surface area contributed by atoms with Crippen LogP contribution in [0.5, 0.6) is 0 Å². The smallest absolute Gasteiger partial charge is 0.143 e. The lowest BCUT2D eigenvalue weighted by Crippen LogP contribution is -2.33. The predicted molar refractivity (Wildman–Crippen MR) is 117 cm³/mol. The Balaban J connectivity index is 2.07. The topological polar surface area (TPSA) is 36.3 Å². The molecule has 29 heavy (non-hydrogen) atoms. The Morgan fingerprint density at radius 1 is 0.828 bits per heavy atom. The second kappa shape index (κ2) is 9.73. The predicted octanol–water partition coefficient (Wildman–Crippen LogP) is 5.35. The largest absolute Gasteiger partial charge is 0.383 e. The van der Waals surface area contributed by atoms with Crippen LogP contribution in [0.25, 0.3) is 0 Å². The number of nitrogens with zero attached hydrogens (tertiary/aromatic N) is 2. The van der Waals surface area contributed by atoms with E-state index in [9.17, 15) is 5.26 Å². The third kappa shape index (κ3) is 4.74. The van der Waals surface area contributed by atoms with E-state index in [1.807, 2.05) is 79.8 Å². The minimum absolute atomic E-state index is 0.423. The molecule has 0 saturated heterocycles. The molecule has 0 aliphatic rings. The van der Waals surface area contributed by atoms with Gasteiger partial charge in [0.05, 0.1) is 12.7 Å². The van der Waals surface area contributed by atoms with Gasteiger partial charge in [-0.25, -0.2) is 0 Å². The number of ether oxygens (including phenoxy) is 1. The lowest BCUT2D eigenvalue weighted by molar-refractivity contribution is 0.0150. The zero-order valence-corrected chi connectivity index (χ0v) is 17.0. The van der Waals surface area contributed by atoms with Gasteiger partial charge in [0, 0.05) is 32.3 Å². The van der Waals surface area contributed by atoms with Crippen LogP contribution in [0, 0.1) is 11.3 Å². The summed E-state index contributed by atoms with van der Waals surface area (Å²) in [7, 11) is 3.83. The van der Waals surface area contributed by atoms with E-state index >= 15 is 0 Å². The van der Waals surface area contributed by atoms with Gasteiger partial charge in [-0.2, -0.15) is 5.26 Å². The number of nitriles is 1. The summed E-state index contributed by atoms with van der Waals surface area (Å²) in [5.74, 6) is 0. The van der Waals surface area contributed by atoms with Crippen molar-refractivity contribution in [1.82, 2.24) is 4.90 Å². The molecule has 3 aromatic carbocycles. The molecule has 3 aromatic rings. The normalized spacial score (nSPS) is 11.7. The maximum absolute atomic E-state index is 9.45. The minimum atomic E-state index is -0.748. The molecule has 0 amide bonds. The van der Waals surface area contributed by atoms with Crippen molar-refractivity contribution in [3.63, 3.8) is 0 Å². The summed E-state index contributed by atoms with van der Waals surface area (Å²) in [5.41, 5.74) is 3.13. The van der Waals surface area contributed by atoms with Crippen LogP contribution in [0.3, 0.4) is 0 Å². The maximum Gasteiger partial charge on any atom is 0.143 e. The molecule has 0 bridgehead atoms. The van der Waals surface area contributed by atoms with Gasteiger partial charge in [0.25, 0.3) is 0 Å². The Morgan fingerprint density at radius 2 is 1.24 bits per heavy atom. The van der Waals surface area contributed by atoms with Gasteiger partial charge < -0.3 is 9.64 Å². The lowest BCUT2D eigenvalue weighted by Gasteiger charge is -2.36. The van der Waals surface area contributed by atoms with E-state index < -0.39 is 5.60 Å². The Hall–Kier alpha value is -3.35. The summed E-state index contributed by atoms with van der Waals surface area (Å²) in [6.45, 7) is 0.423. The van der Waals surface area contributed by atoms with Gasteiger partial charge in [0.15, 0.2) is 0 Å². The minimum Gasteiger partial charge on any atom is -0.383 e. The molecule has 0 saturated carbocycles. The van der Waals surface area contributed by atoms with Crippen molar-refractivity contribution in [2.24, 2.45) is 0 Å². The number of benzene rings is 3. The molecule has 3 rings (SSSR count). The highest BCUT2D eigenvalue weighted by Crippen LogP contribution is 2.40. The van der Waals surface area contributed by atoms with E-state index in [4.69, 9.17) is 4.74 Å². The third-order valence-corrected chi connectivity index (χ3v) is 4.79. The van der Waals surface area contributed by atoms with Crippen LogP contribution < -0.4 is 0 Å². The molecule has 3 nitrogen and oxygen atoms in total. The molecular weight excluding hydrogens is 356 g/mol. The molecule has 0 radical (unpaired) electrons. The van der Waals surface area contributed by atoms with Crippen LogP contribution in [0.2, 0.25) is 0 Å².